The normalized spacial score (nSPS) is 14.2. The quantitative estimate of drug-likeness (QED) is 0.474. The molecule has 10 heteroatoms. The van der Waals surface area contributed by atoms with Gasteiger partial charge < -0.3 is 20.1 Å². The predicted molar refractivity (Wildman–Crippen MR) is 112 cm³/mol. The Kier molecular flexibility index (Phi) is 7.52. The van der Waals surface area contributed by atoms with Crippen molar-refractivity contribution in [3.05, 3.63) is 46.6 Å². The smallest absolute Gasteiger partial charge is 0.296 e. The number of carbonyl (C=O) groups is 1. The van der Waals surface area contributed by atoms with Gasteiger partial charge in [-0.25, -0.2) is 4.98 Å². The predicted octanol–water partition coefficient (Wildman–Crippen LogP) is 2.87. The molecule has 1 fully saturated rings. The number of carbonyl (C=O) groups excluding carboxylic acids is 1. The minimum absolute atomic E-state index is 0.0853. The van der Waals surface area contributed by atoms with E-state index in [1.54, 1.807) is 31.3 Å². The molecule has 3 rings (SSSR count). The molecule has 0 radical (unpaired) electrons. The molecular formula is C20H25N5O5. The van der Waals surface area contributed by atoms with Crippen LogP contribution in [-0.2, 0) is 9.53 Å². The third kappa shape index (κ3) is 6.13. The van der Waals surface area contributed by atoms with E-state index in [0.717, 1.165) is 39.3 Å². The van der Waals surface area contributed by atoms with Crippen molar-refractivity contribution in [3.8, 4) is 11.5 Å². The first-order chi connectivity index (χ1) is 14.5. The average molecular weight is 415 g/mol. The van der Waals surface area contributed by atoms with Gasteiger partial charge in [0.15, 0.2) is 0 Å². The lowest BCUT2D eigenvalue weighted by atomic mass is 10.2. The van der Waals surface area contributed by atoms with Crippen molar-refractivity contribution in [1.82, 2.24) is 9.88 Å². The van der Waals surface area contributed by atoms with Crippen molar-refractivity contribution < 1.29 is 19.2 Å². The van der Waals surface area contributed by atoms with Crippen LogP contribution in [0.2, 0.25) is 0 Å². The number of anilines is 2. The summed E-state index contributed by atoms with van der Waals surface area (Å²) in [5.74, 6) is 0.974. The van der Waals surface area contributed by atoms with Crippen molar-refractivity contribution >= 4 is 23.1 Å². The number of hydrogen-bond acceptors (Lipinski definition) is 8. The second kappa shape index (κ2) is 10.5. The van der Waals surface area contributed by atoms with E-state index < -0.39 is 4.92 Å². The van der Waals surface area contributed by atoms with Gasteiger partial charge in [-0.1, -0.05) is 0 Å². The second-order valence-electron chi connectivity index (χ2n) is 6.77. The third-order valence-corrected chi connectivity index (χ3v) is 4.65. The van der Waals surface area contributed by atoms with Crippen LogP contribution in [0.25, 0.3) is 0 Å². The van der Waals surface area contributed by atoms with E-state index in [-0.39, 0.29) is 11.6 Å². The Morgan fingerprint density at radius 2 is 2.03 bits per heavy atom. The summed E-state index contributed by atoms with van der Waals surface area (Å²) in [6.07, 6.45) is 2.65. The summed E-state index contributed by atoms with van der Waals surface area (Å²) in [4.78, 5) is 29.3. The summed E-state index contributed by atoms with van der Waals surface area (Å²) in [5.41, 5.74) is 0.310. The van der Waals surface area contributed by atoms with Crippen LogP contribution < -0.4 is 15.4 Å². The Labute approximate surface area is 174 Å². The van der Waals surface area contributed by atoms with E-state index in [0.29, 0.717) is 29.4 Å². The topological polar surface area (TPSA) is 119 Å². The standard InChI is InChI=1S/C20H25N5O5/c1-21-17-5-4-15(13-18(17)25(27)28)30-16-6-7-22-19(14-16)23-20(26)3-2-8-24-9-11-29-12-10-24/h4-7,13-14,21H,2-3,8-12H2,1H3,(H,22,23,26). The Bertz CT molecular complexity index is 886. The number of nitrogens with zero attached hydrogens (tertiary/aromatic N) is 3. The number of hydrogen-bond donors (Lipinski definition) is 2. The number of aromatic nitrogens is 1. The van der Waals surface area contributed by atoms with Gasteiger partial charge in [-0.05, 0) is 31.2 Å². The molecule has 0 aliphatic carbocycles. The molecule has 1 aliphatic rings. The molecule has 10 nitrogen and oxygen atoms in total. The molecule has 1 amide bonds. The molecule has 160 valence electrons. The van der Waals surface area contributed by atoms with Crippen LogP contribution in [0.4, 0.5) is 17.2 Å². The fraction of sp³-hybridized carbons (Fsp3) is 0.400. The van der Waals surface area contributed by atoms with Crippen molar-refractivity contribution in [2.45, 2.75) is 12.8 Å². The Morgan fingerprint density at radius 1 is 1.27 bits per heavy atom. The molecule has 1 aromatic carbocycles. The zero-order valence-electron chi connectivity index (χ0n) is 16.8. The van der Waals surface area contributed by atoms with Gasteiger partial charge in [0, 0.05) is 38.8 Å². The number of ether oxygens (including phenoxy) is 2. The summed E-state index contributed by atoms with van der Waals surface area (Å²) in [6, 6.07) is 7.74. The van der Waals surface area contributed by atoms with E-state index in [4.69, 9.17) is 9.47 Å². The number of amides is 1. The van der Waals surface area contributed by atoms with Gasteiger partial charge in [0.2, 0.25) is 5.91 Å². The van der Waals surface area contributed by atoms with Crippen LogP contribution in [0.5, 0.6) is 11.5 Å². The lowest BCUT2D eigenvalue weighted by Crippen LogP contribution is -2.37. The molecule has 0 unspecified atom stereocenters. The van der Waals surface area contributed by atoms with Gasteiger partial charge >= 0.3 is 0 Å². The largest absolute Gasteiger partial charge is 0.457 e. The van der Waals surface area contributed by atoms with Crippen LogP contribution in [0.1, 0.15) is 12.8 Å². The molecule has 2 heterocycles. The van der Waals surface area contributed by atoms with Gasteiger partial charge in [0.05, 0.1) is 24.2 Å². The molecule has 0 bridgehead atoms. The van der Waals surface area contributed by atoms with Crippen LogP contribution in [0.15, 0.2) is 36.5 Å². The van der Waals surface area contributed by atoms with E-state index >= 15 is 0 Å². The summed E-state index contributed by atoms with van der Waals surface area (Å²) < 4.78 is 11.0. The maximum atomic E-state index is 12.2. The first kappa shape index (κ1) is 21.5. The number of nitro groups is 1. The number of morpholine rings is 1. The third-order valence-electron chi connectivity index (χ3n) is 4.65. The molecule has 0 spiro atoms. The minimum Gasteiger partial charge on any atom is -0.457 e. The zero-order chi connectivity index (χ0) is 21.3. The van der Waals surface area contributed by atoms with E-state index in [1.807, 2.05) is 0 Å². The highest BCUT2D eigenvalue weighted by molar-refractivity contribution is 5.89. The van der Waals surface area contributed by atoms with Crippen LogP contribution in [0.3, 0.4) is 0 Å². The van der Waals surface area contributed by atoms with Crippen molar-refractivity contribution in [1.29, 1.82) is 0 Å². The average Bonchev–Trinajstić information content (AvgIpc) is 2.74. The molecule has 2 aromatic rings. The van der Waals surface area contributed by atoms with Gasteiger partial charge in [-0.15, -0.1) is 0 Å². The first-order valence-electron chi connectivity index (χ1n) is 9.75. The summed E-state index contributed by atoms with van der Waals surface area (Å²) in [5, 5.41) is 16.7. The SMILES string of the molecule is CNc1ccc(Oc2ccnc(NC(=O)CCCN3CCOCC3)c2)cc1[N+](=O)[O-]. The number of pyridine rings is 1. The molecule has 0 saturated carbocycles. The molecular weight excluding hydrogens is 390 g/mol. The Balaban J connectivity index is 1.54. The molecule has 1 saturated heterocycles. The maximum absolute atomic E-state index is 12.2. The maximum Gasteiger partial charge on any atom is 0.296 e. The number of nitrogens with one attached hydrogen (secondary N) is 2. The summed E-state index contributed by atoms with van der Waals surface area (Å²) in [7, 11) is 1.61. The molecule has 2 N–H and O–H groups in total. The number of benzene rings is 1. The zero-order valence-corrected chi connectivity index (χ0v) is 16.8. The van der Waals surface area contributed by atoms with Crippen molar-refractivity contribution in [2.24, 2.45) is 0 Å². The molecule has 0 atom stereocenters. The fourth-order valence-corrected chi connectivity index (χ4v) is 3.11. The number of rotatable bonds is 9. The van der Waals surface area contributed by atoms with Gasteiger partial charge in [0.25, 0.3) is 5.69 Å². The highest BCUT2D eigenvalue weighted by Crippen LogP contribution is 2.31. The molecule has 1 aliphatic heterocycles. The van der Waals surface area contributed by atoms with Crippen molar-refractivity contribution in [3.63, 3.8) is 0 Å². The Hall–Kier alpha value is -3.24. The highest BCUT2D eigenvalue weighted by atomic mass is 16.6. The second-order valence-corrected chi connectivity index (χ2v) is 6.77. The van der Waals surface area contributed by atoms with Gasteiger partial charge in [-0.3, -0.25) is 19.8 Å². The van der Waals surface area contributed by atoms with Crippen LogP contribution >= 0.6 is 0 Å². The minimum atomic E-state index is -0.478. The van der Waals surface area contributed by atoms with Crippen molar-refractivity contribution in [2.75, 3.05) is 50.5 Å². The monoisotopic (exact) mass is 415 g/mol. The van der Waals surface area contributed by atoms with E-state index in [1.165, 1.54) is 12.3 Å². The van der Waals surface area contributed by atoms with Crippen LogP contribution in [-0.4, -0.2) is 60.6 Å². The van der Waals surface area contributed by atoms with Gasteiger partial charge in [-0.2, -0.15) is 0 Å². The molecule has 30 heavy (non-hydrogen) atoms. The first-order valence-corrected chi connectivity index (χ1v) is 9.75. The van der Waals surface area contributed by atoms with E-state index in [2.05, 4.69) is 20.5 Å². The lowest BCUT2D eigenvalue weighted by molar-refractivity contribution is -0.384. The highest BCUT2D eigenvalue weighted by Gasteiger charge is 2.15. The number of nitro benzene ring substituents is 1. The fourth-order valence-electron chi connectivity index (χ4n) is 3.11. The molecule has 1 aromatic heterocycles. The van der Waals surface area contributed by atoms with E-state index in [9.17, 15) is 14.9 Å². The van der Waals surface area contributed by atoms with Crippen LogP contribution in [0, 0.1) is 10.1 Å². The summed E-state index contributed by atoms with van der Waals surface area (Å²) >= 11 is 0. The lowest BCUT2D eigenvalue weighted by Gasteiger charge is -2.26. The van der Waals surface area contributed by atoms with Gasteiger partial charge in [0.1, 0.15) is 23.0 Å². The Morgan fingerprint density at radius 3 is 2.77 bits per heavy atom. The summed E-state index contributed by atoms with van der Waals surface area (Å²) in [6.45, 7) is 4.13.